The van der Waals surface area contributed by atoms with Gasteiger partial charge in [-0.3, -0.25) is 0 Å². The van der Waals surface area contributed by atoms with E-state index in [0.717, 1.165) is 24.3 Å². The summed E-state index contributed by atoms with van der Waals surface area (Å²) in [4.78, 5) is 2.30. The fourth-order valence-electron chi connectivity index (χ4n) is 3.32. The van der Waals surface area contributed by atoms with Crippen LogP contribution in [0.4, 0.5) is 5.69 Å². The summed E-state index contributed by atoms with van der Waals surface area (Å²) < 4.78 is 11.2. The van der Waals surface area contributed by atoms with Crippen molar-refractivity contribution >= 4 is 5.69 Å². The van der Waals surface area contributed by atoms with Gasteiger partial charge in [-0.15, -0.1) is 0 Å². The molecule has 0 aliphatic carbocycles. The fraction of sp³-hybridized carbons (Fsp3) is 0.625. The van der Waals surface area contributed by atoms with E-state index >= 15 is 0 Å². The van der Waals surface area contributed by atoms with Crippen molar-refractivity contribution in [2.45, 2.75) is 44.4 Å². The van der Waals surface area contributed by atoms with Gasteiger partial charge in [0.25, 0.3) is 0 Å². The van der Waals surface area contributed by atoms with Gasteiger partial charge in [0, 0.05) is 25.3 Å². The van der Waals surface area contributed by atoms with Gasteiger partial charge in [-0.2, -0.15) is 0 Å². The summed E-state index contributed by atoms with van der Waals surface area (Å²) in [6.07, 6.45) is 2.36. The van der Waals surface area contributed by atoms with Crippen LogP contribution in [0.25, 0.3) is 0 Å². The molecule has 2 rings (SSSR count). The van der Waals surface area contributed by atoms with Crippen LogP contribution in [-0.4, -0.2) is 38.4 Å². The second-order valence-electron chi connectivity index (χ2n) is 5.85. The lowest BCUT2D eigenvalue weighted by molar-refractivity contribution is -0.0591. The second-order valence-corrected chi connectivity index (χ2v) is 5.85. The first kappa shape index (κ1) is 15.1. The molecule has 20 heavy (non-hydrogen) atoms. The number of hydrogen-bond donors (Lipinski definition) is 1. The van der Waals surface area contributed by atoms with E-state index in [1.165, 1.54) is 0 Å². The molecule has 0 saturated carbocycles. The third kappa shape index (κ3) is 2.91. The number of anilines is 1. The van der Waals surface area contributed by atoms with Crippen molar-refractivity contribution in [3.63, 3.8) is 0 Å². The van der Waals surface area contributed by atoms with Gasteiger partial charge in [-0.25, -0.2) is 0 Å². The van der Waals surface area contributed by atoms with Crippen molar-refractivity contribution in [2.75, 3.05) is 25.6 Å². The van der Waals surface area contributed by atoms with E-state index in [9.17, 15) is 0 Å². The number of methoxy groups -OCH3 is 1. The molecule has 112 valence electrons. The van der Waals surface area contributed by atoms with Crippen molar-refractivity contribution in [3.05, 3.63) is 24.3 Å². The Balaban J connectivity index is 2.29. The summed E-state index contributed by atoms with van der Waals surface area (Å²) in [5.41, 5.74) is 7.23. The number of rotatable bonds is 4. The summed E-state index contributed by atoms with van der Waals surface area (Å²) in [6, 6.07) is 8.13. The molecule has 2 atom stereocenters. The molecule has 0 radical (unpaired) electrons. The van der Waals surface area contributed by atoms with Crippen LogP contribution in [0, 0.1) is 0 Å². The van der Waals surface area contributed by atoms with E-state index in [1.807, 2.05) is 12.1 Å². The number of hydrogen-bond acceptors (Lipinski definition) is 4. The van der Waals surface area contributed by atoms with Crippen LogP contribution in [-0.2, 0) is 4.74 Å². The van der Waals surface area contributed by atoms with Gasteiger partial charge in [0.1, 0.15) is 5.75 Å². The molecule has 1 fully saturated rings. The van der Waals surface area contributed by atoms with Crippen molar-refractivity contribution in [1.29, 1.82) is 0 Å². The molecule has 4 heteroatoms. The van der Waals surface area contributed by atoms with E-state index in [0.29, 0.717) is 6.54 Å². The van der Waals surface area contributed by atoms with Crippen LogP contribution in [0.3, 0.4) is 0 Å². The molecule has 1 aromatic rings. The number of benzene rings is 1. The molecule has 0 bridgehead atoms. The van der Waals surface area contributed by atoms with E-state index < -0.39 is 0 Å². The van der Waals surface area contributed by atoms with E-state index in [4.69, 9.17) is 15.2 Å². The first-order valence-corrected chi connectivity index (χ1v) is 7.24. The molecule has 2 unspecified atom stereocenters. The monoisotopic (exact) mass is 278 g/mol. The van der Waals surface area contributed by atoms with Crippen LogP contribution < -0.4 is 15.4 Å². The van der Waals surface area contributed by atoms with Crippen LogP contribution >= 0.6 is 0 Å². The zero-order valence-electron chi connectivity index (χ0n) is 12.9. The molecule has 1 aromatic carbocycles. The van der Waals surface area contributed by atoms with Crippen molar-refractivity contribution in [3.8, 4) is 5.75 Å². The molecule has 2 N–H and O–H groups in total. The van der Waals surface area contributed by atoms with Gasteiger partial charge >= 0.3 is 0 Å². The lowest BCUT2D eigenvalue weighted by atomic mass is 9.82. The highest BCUT2D eigenvalue weighted by Crippen LogP contribution is 2.36. The molecular weight excluding hydrogens is 252 g/mol. The van der Waals surface area contributed by atoms with Crippen molar-refractivity contribution < 1.29 is 9.47 Å². The minimum absolute atomic E-state index is 0.0521. The van der Waals surface area contributed by atoms with Gasteiger partial charge in [-0.05, 0) is 38.8 Å². The Morgan fingerprint density at radius 1 is 1.35 bits per heavy atom. The summed E-state index contributed by atoms with van der Waals surface area (Å²) in [6.45, 7) is 4.87. The largest absolute Gasteiger partial charge is 0.497 e. The van der Waals surface area contributed by atoms with Crippen LogP contribution in [0.2, 0.25) is 0 Å². The Hall–Kier alpha value is -1.26. The van der Waals surface area contributed by atoms with E-state index in [-0.39, 0.29) is 17.7 Å². The lowest BCUT2D eigenvalue weighted by Gasteiger charge is -2.49. The number of nitrogens with zero attached hydrogens (tertiary/aromatic N) is 1. The van der Waals surface area contributed by atoms with Gasteiger partial charge in [-0.1, -0.05) is 6.07 Å². The first-order chi connectivity index (χ1) is 9.50. The van der Waals surface area contributed by atoms with Crippen LogP contribution in [0.1, 0.15) is 26.7 Å². The predicted octanol–water partition coefficient (Wildman–Crippen LogP) is 2.42. The molecule has 0 spiro atoms. The zero-order chi connectivity index (χ0) is 14.8. The minimum atomic E-state index is -0.0521. The van der Waals surface area contributed by atoms with E-state index in [2.05, 4.69) is 37.9 Å². The topological polar surface area (TPSA) is 47.7 Å². The summed E-state index contributed by atoms with van der Waals surface area (Å²) >= 11 is 0. The molecule has 4 nitrogen and oxygen atoms in total. The molecule has 1 aliphatic rings. The Labute approximate surface area is 121 Å². The molecule has 1 aliphatic heterocycles. The van der Waals surface area contributed by atoms with Gasteiger partial charge in [0.05, 0.1) is 24.9 Å². The van der Waals surface area contributed by atoms with Crippen LogP contribution in [0.5, 0.6) is 5.75 Å². The third-order valence-corrected chi connectivity index (χ3v) is 4.33. The first-order valence-electron chi connectivity index (χ1n) is 7.24. The van der Waals surface area contributed by atoms with Gasteiger partial charge < -0.3 is 20.1 Å². The lowest BCUT2D eigenvalue weighted by Crippen LogP contribution is -2.58. The number of ether oxygens (including phenoxy) is 2. The molecular formula is C16H26N2O2. The van der Waals surface area contributed by atoms with Gasteiger partial charge in [0.2, 0.25) is 0 Å². The minimum Gasteiger partial charge on any atom is -0.497 e. The molecule has 1 heterocycles. The maximum absolute atomic E-state index is 6.14. The van der Waals surface area contributed by atoms with Crippen molar-refractivity contribution in [1.82, 2.24) is 0 Å². The quantitative estimate of drug-likeness (QED) is 0.919. The van der Waals surface area contributed by atoms with E-state index in [1.54, 1.807) is 7.11 Å². The smallest absolute Gasteiger partial charge is 0.120 e. The predicted molar refractivity (Wildman–Crippen MR) is 82.4 cm³/mol. The summed E-state index contributed by atoms with van der Waals surface area (Å²) in [5.74, 6) is 0.870. The average Bonchev–Trinajstić information content (AvgIpc) is 2.45. The number of nitrogens with two attached hydrogens (primary N) is 1. The average molecular weight is 278 g/mol. The Morgan fingerprint density at radius 3 is 2.55 bits per heavy atom. The second kappa shape index (κ2) is 6.02. The Kier molecular flexibility index (Phi) is 4.55. The third-order valence-electron chi connectivity index (χ3n) is 4.33. The zero-order valence-corrected chi connectivity index (χ0v) is 12.9. The highest BCUT2D eigenvalue weighted by Gasteiger charge is 2.41. The van der Waals surface area contributed by atoms with Gasteiger partial charge in [0.15, 0.2) is 0 Å². The normalized spacial score (nSPS) is 30.1. The highest BCUT2D eigenvalue weighted by molar-refractivity contribution is 5.52. The Bertz CT molecular complexity index is 440. The maximum atomic E-state index is 6.14. The molecule has 0 aromatic heterocycles. The Morgan fingerprint density at radius 2 is 2.00 bits per heavy atom. The highest BCUT2D eigenvalue weighted by atomic mass is 16.5. The van der Waals surface area contributed by atoms with Crippen LogP contribution in [0.15, 0.2) is 24.3 Å². The maximum Gasteiger partial charge on any atom is 0.120 e. The molecule has 0 amide bonds. The summed E-state index contributed by atoms with van der Waals surface area (Å²) in [7, 11) is 3.81. The molecule has 1 saturated heterocycles. The SMILES string of the molecule is COc1cccc(N(C)C2(CN)CC(C)OC(C)C2)c1. The number of likely N-dealkylation sites (N-methyl/N-ethyl adjacent to an activating group) is 1. The fourth-order valence-corrected chi connectivity index (χ4v) is 3.32. The standard InChI is InChI=1S/C16H26N2O2/c1-12-9-16(11-17,10-13(2)20-12)18(3)14-6-5-7-15(8-14)19-4/h5-8,12-13H,9-11,17H2,1-4H3. The summed E-state index contributed by atoms with van der Waals surface area (Å²) in [5, 5.41) is 0. The van der Waals surface area contributed by atoms with Crippen molar-refractivity contribution in [2.24, 2.45) is 5.73 Å².